The van der Waals surface area contributed by atoms with E-state index in [1.54, 1.807) is 24.5 Å². The molecule has 3 heterocycles. The average Bonchev–Trinajstić information content (AvgIpc) is 3.48. The molecular weight excluding hydrogens is 418 g/mol. The number of allylic oxidation sites excluding steroid dienone is 2. The van der Waals surface area contributed by atoms with Crippen LogP contribution in [0.5, 0.6) is 0 Å². The number of nitrogens with zero attached hydrogens (tertiary/aromatic N) is 5. The summed E-state index contributed by atoms with van der Waals surface area (Å²) in [4.78, 5) is 4.49. The molecule has 4 rings (SSSR count). The lowest BCUT2D eigenvalue weighted by Gasteiger charge is -2.12. The molecule has 4 aromatic rings. The molecule has 0 aliphatic carbocycles. The van der Waals surface area contributed by atoms with Crippen molar-refractivity contribution in [3.05, 3.63) is 66.1 Å². The number of benzene rings is 1. The summed E-state index contributed by atoms with van der Waals surface area (Å²) in [5, 5.41) is 29.6. The first-order valence-electron chi connectivity index (χ1n) is 9.06. The maximum atomic E-state index is 10.8. The summed E-state index contributed by atoms with van der Waals surface area (Å²) >= 11 is 2.68. The molecule has 0 radical (unpaired) electrons. The van der Waals surface area contributed by atoms with Gasteiger partial charge in [0.05, 0.1) is 21.7 Å². The minimum Gasteiger partial charge on any atom is -0.510 e. The number of para-hydroxylation sites is 1. The molecule has 1 N–H and O–H groups in total. The monoisotopic (exact) mass is 435 g/mol. The van der Waals surface area contributed by atoms with Gasteiger partial charge in [-0.3, -0.25) is 4.57 Å². The molecule has 3 aromatic heterocycles. The highest BCUT2D eigenvalue weighted by Gasteiger charge is 2.23. The first kappa shape index (κ1) is 19.9. The van der Waals surface area contributed by atoms with Crippen molar-refractivity contribution in [1.29, 1.82) is 5.26 Å². The van der Waals surface area contributed by atoms with Gasteiger partial charge in [-0.25, -0.2) is 4.98 Å². The van der Waals surface area contributed by atoms with Gasteiger partial charge in [0.15, 0.2) is 10.9 Å². The van der Waals surface area contributed by atoms with E-state index in [1.165, 1.54) is 23.1 Å². The molecule has 30 heavy (non-hydrogen) atoms. The molecule has 0 amide bonds. The van der Waals surface area contributed by atoms with Crippen LogP contribution in [0.2, 0.25) is 0 Å². The van der Waals surface area contributed by atoms with Crippen LogP contribution in [-0.4, -0.2) is 30.1 Å². The van der Waals surface area contributed by atoms with E-state index in [1.807, 2.05) is 35.8 Å². The predicted octanol–water partition coefficient (Wildman–Crippen LogP) is 5.31. The summed E-state index contributed by atoms with van der Waals surface area (Å²) < 4.78 is 8.25. The van der Waals surface area contributed by atoms with Crippen molar-refractivity contribution < 1.29 is 9.52 Å². The third-order valence-electron chi connectivity index (χ3n) is 4.31. The highest BCUT2D eigenvalue weighted by Crippen LogP contribution is 2.34. The van der Waals surface area contributed by atoms with Gasteiger partial charge in [-0.1, -0.05) is 30.0 Å². The van der Waals surface area contributed by atoms with Crippen molar-refractivity contribution >= 4 is 38.9 Å². The van der Waals surface area contributed by atoms with Gasteiger partial charge in [-0.15, -0.1) is 28.1 Å². The van der Waals surface area contributed by atoms with E-state index in [-0.39, 0.29) is 11.3 Å². The van der Waals surface area contributed by atoms with E-state index in [4.69, 9.17) is 4.42 Å². The molecule has 1 atom stereocenters. The van der Waals surface area contributed by atoms with E-state index in [0.717, 1.165) is 10.2 Å². The van der Waals surface area contributed by atoms with Crippen molar-refractivity contribution in [2.45, 2.75) is 23.9 Å². The van der Waals surface area contributed by atoms with Crippen molar-refractivity contribution in [2.24, 2.45) is 0 Å². The van der Waals surface area contributed by atoms with Gasteiger partial charge < -0.3 is 9.52 Å². The van der Waals surface area contributed by atoms with Crippen LogP contribution in [0.25, 0.3) is 27.4 Å². The van der Waals surface area contributed by atoms with E-state index in [2.05, 4.69) is 27.8 Å². The molecule has 0 bridgehead atoms. The minimum atomic E-state index is -0.441. The Morgan fingerprint density at radius 1 is 1.37 bits per heavy atom. The summed E-state index contributed by atoms with van der Waals surface area (Å²) in [6.07, 6.45) is 3.31. The average molecular weight is 436 g/mol. The number of nitriles is 1. The summed E-state index contributed by atoms with van der Waals surface area (Å²) in [5.74, 6) is 1.12. The number of thiazole rings is 1. The maximum absolute atomic E-state index is 10.8. The Morgan fingerprint density at radius 2 is 2.20 bits per heavy atom. The number of thioether (sulfide) groups is 1. The fraction of sp³-hybridized carbons (Fsp3) is 0.143. The van der Waals surface area contributed by atoms with Crippen LogP contribution >= 0.6 is 23.1 Å². The largest absolute Gasteiger partial charge is 0.510 e. The van der Waals surface area contributed by atoms with Crippen molar-refractivity contribution in [2.75, 3.05) is 0 Å². The Kier molecular flexibility index (Phi) is 5.70. The second-order valence-corrected chi connectivity index (χ2v) is 8.64. The van der Waals surface area contributed by atoms with Crippen LogP contribution in [0, 0.1) is 11.3 Å². The minimum absolute atomic E-state index is 0.0470. The van der Waals surface area contributed by atoms with Crippen LogP contribution in [-0.2, 0) is 6.54 Å². The second-order valence-electron chi connectivity index (χ2n) is 6.30. The first-order valence-corrected chi connectivity index (χ1v) is 10.8. The van der Waals surface area contributed by atoms with Crippen molar-refractivity contribution in [1.82, 2.24) is 19.7 Å². The number of furan rings is 1. The van der Waals surface area contributed by atoms with Gasteiger partial charge in [0, 0.05) is 6.54 Å². The number of fused-ring (bicyclic) bond motifs is 1. The molecular formula is C21H17N5O2S2. The molecule has 0 spiro atoms. The molecule has 0 aliphatic rings. The second kappa shape index (κ2) is 8.57. The van der Waals surface area contributed by atoms with Gasteiger partial charge in [0.25, 0.3) is 0 Å². The molecule has 9 heteroatoms. The molecule has 150 valence electrons. The summed E-state index contributed by atoms with van der Waals surface area (Å²) in [5.41, 5.74) is 0.962. The lowest BCUT2D eigenvalue weighted by molar-refractivity contribution is 0.402. The van der Waals surface area contributed by atoms with Crippen LogP contribution < -0.4 is 0 Å². The third kappa shape index (κ3) is 3.75. The molecule has 0 aliphatic heterocycles. The number of aliphatic hydroxyl groups excluding tert-OH is 1. The quantitative estimate of drug-likeness (QED) is 0.182. The molecule has 1 unspecified atom stereocenters. The Labute approximate surface area is 181 Å². The number of rotatable bonds is 7. The van der Waals surface area contributed by atoms with E-state index < -0.39 is 5.25 Å². The molecule has 0 saturated heterocycles. The Balaban J connectivity index is 1.66. The first-order chi connectivity index (χ1) is 14.6. The fourth-order valence-corrected chi connectivity index (χ4v) is 4.76. The zero-order valence-corrected chi connectivity index (χ0v) is 17.7. The van der Waals surface area contributed by atoms with Gasteiger partial charge in [-0.05, 0) is 31.2 Å². The van der Waals surface area contributed by atoms with Crippen molar-refractivity contribution in [3.8, 4) is 17.7 Å². The molecule has 0 saturated carbocycles. The third-order valence-corrected chi connectivity index (χ3v) is 6.46. The van der Waals surface area contributed by atoms with Gasteiger partial charge in [-0.2, -0.15) is 5.26 Å². The Hall–Kier alpha value is -3.35. The standard InChI is InChI=1S/C21H17N5O2S2/c1-3-10-26-19(16-8-6-11-28-16)24-25-21(26)29-13(2)18(27)14(12-22)20-23-15-7-4-5-9-17(15)30-20/h3-9,11,13,27H,1,10H2,2H3/b18-14-. The SMILES string of the molecule is C=CCn1c(SC(C)/C(O)=C(\C#N)c2nc3ccccc3s2)nnc1-c1ccco1. The van der Waals surface area contributed by atoms with Gasteiger partial charge in [0.1, 0.15) is 22.4 Å². The lowest BCUT2D eigenvalue weighted by Crippen LogP contribution is -2.07. The predicted molar refractivity (Wildman–Crippen MR) is 118 cm³/mol. The number of aromatic nitrogens is 4. The van der Waals surface area contributed by atoms with Crippen LogP contribution in [0.15, 0.2) is 70.6 Å². The number of hydrogen-bond acceptors (Lipinski definition) is 8. The Morgan fingerprint density at radius 3 is 2.90 bits per heavy atom. The molecule has 7 nitrogen and oxygen atoms in total. The zero-order chi connectivity index (χ0) is 21.1. The van der Waals surface area contributed by atoms with Gasteiger partial charge >= 0.3 is 0 Å². The highest BCUT2D eigenvalue weighted by molar-refractivity contribution is 7.99. The zero-order valence-electron chi connectivity index (χ0n) is 16.0. The maximum Gasteiger partial charge on any atom is 0.200 e. The van der Waals surface area contributed by atoms with E-state index in [9.17, 15) is 10.4 Å². The van der Waals surface area contributed by atoms with E-state index >= 15 is 0 Å². The van der Waals surface area contributed by atoms with Crippen LogP contribution in [0.4, 0.5) is 0 Å². The Bertz CT molecular complexity index is 1230. The fourth-order valence-electron chi connectivity index (χ4n) is 2.87. The topological polar surface area (TPSA) is 101 Å². The summed E-state index contributed by atoms with van der Waals surface area (Å²) in [7, 11) is 0. The van der Waals surface area contributed by atoms with Crippen LogP contribution in [0.3, 0.4) is 0 Å². The number of hydrogen-bond donors (Lipinski definition) is 1. The normalized spacial score (nSPS) is 13.1. The molecule has 0 fully saturated rings. The lowest BCUT2D eigenvalue weighted by atomic mass is 10.2. The van der Waals surface area contributed by atoms with E-state index in [0.29, 0.717) is 28.3 Å². The summed E-state index contributed by atoms with van der Waals surface area (Å²) in [6, 6.07) is 13.3. The smallest absolute Gasteiger partial charge is 0.200 e. The van der Waals surface area contributed by atoms with Crippen LogP contribution in [0.1, 0.15) is 11.9 Å². The molecule has 1 aromatic carbocycles. The van der Waals surface area contributed by atoms with Gasteiger partial charge in [0.2, 0.25) is 5.82 Å². The number of aliphatic hydroxyl groups is 1. The van der Waals surface area contributed by atoms with Crippen molar-refractivity contribution in [3.63, 3.8) is 0 Å². The summed E-state index contributed by atoms with van der Waals surface area (Å²) in [6.45, 7) is 6.08. The highest BCUT2D eigenvalue weighted by atomic mass is 32.2.